The summed E-state index contributed by atoms with van der Waals surface area (Å²) >= 11 is 1.57. The molecule has 0 radical (unpaired) electrons. The maximum absolute atomic E-state index is 12.5. The van der Waals surface area contributed by atoms with Crippen LogP contribution in [0.3, 0.4) is 0 Å². The number of pyridine rings is 1. The Morgan fingerprint density at radius 2 is 2.33 bits per heavy atom. The van der Waals surface area contributed by atoms with Gasteiger partial charge in [0.25, 0.3) is 0 Å². The van der Waals surface area contributed by atoms with Crippen LogP contribution in [0, 0.1) is 0 Å². The Morgan fingerprint density at radius 1 is 1.46 bits per heavy atom. The zero-order valence-electron chi connectivity index (χ0n) is 13.2. The molecule has 8 nitrogen and oxygen atoms in total. The standard InChI is InChI=1S/C15H18N6O2S/c1-2-5-12(22)21-9-24-8-11(21)14(23)18-15-17-13(19-20-15)10-6-3-4-7-16-10/h3-4,6-7,11H,2,5,8-9H2,1H3,(H2,17,18,19,20,23). The number of carbonyl (C=O) groups excluding carboxylic acids is 2. The van der Waals surface area contributed by atoms with Gasteiger partial charge in [-0.3, -0.25) is 25.0 Å². The van der Waals surface area contributed by atoms with Gasteiger partial charge < -0.3 is 4.90 Å². The third-order valence-electron chi connectivity index (χ3n) is 3.60. The molecule has 1 aliphatic rings. The number of anilines is 1. The van der Waals surface area contributed by atoms with Gasteiger partial charge in [-0.25, -0.2) is 0 Å². The lowest BCUT2D eigenvalue weighted by Crippen LogP contribution is -2.44. The third kappa shape index (κ3) is 3.56. The number of aromatic amines is 1. The van der Waals surface area contributed by atoms with E-state index in [0.717, 1.165) is 6.42 Å². The normalized spacial score (nSPS) is 17.0. The lowest BCUT2D eigenvalue weighted by atomic mass is 10.2. The Hall–Kier alpha value is -2.42. The summed E-state index contributed by atoms with van der Waals surface area (Å²) in [5, 5.41) is 9.41. The molecule has 3 rings (SSSR count). The highest BCUT2D eigenvalue weighted by molar-refractivity contribution is 7.99. The van der Waals surface area contributed by atoms with Crippen LogP contribution >= 0.6 is 11.8 Å². The first kappa shape index (κ1) is 16.4. The molecule has 126 valence electrons. The maximum atomic E-state index is 12.5. The predicted octanol–water partition coefficient (Wildman–Crippen LogP) is 1.51. The number of thioether (sulfide) groups is 1. The van der Waals surface area contributed by atoms with Crippen LogP contribution in [0.1, 0.15) is 19.8 Å². The van der Waals surface area contributed by atoms with Crippen molar-refractivity contribution in [2.24, 2.45) is 0 Å². The lowest BCUT2D eigenvalue weighted by Gasteiger charge is -2.22. The molecule has 0 saturated carbocycles. The molecule has 0 aromatic carbocycles. The molecule has 2 aromatic rings. The molecule has 2 amide bonds. The van der Waals surface area contributed by atoms with Crippen LogP contribution in [-0.2, 0) is 9.59 Å². The van der Waals surface area contributed by atoms with Crippen molar-refractivity contribution in [3.8, 4) is 11.5 Å². The van der Waals surface area contributed by atoms with E-state index in [2.05, 4.69) is 25.5 Å². The molecule has 1 aliphatic heterocycles. The van der Waals surface area contributed by atoms with Crippen LogP contribution in [0.5, 0.6) is 0 Å². The molecule has 1 unspecified atom stereocenters. The largest absolute Gasteiger partial charge is 0.321 e. The molecule has 24 heavy (non-hydrogen) atoms. The van der Waals surface area contributed by atoms with Crippen molar-refractivity contribution in [2.75, 3.05) is 16.9 Å². The van der Waals surface area contributed by atoms with Gasteiger partial charge in [0.05, 0.1) is 5.88 Å². The van der Waals surface area contributed by atoms with E-state index in [0.29, 0.717) is 29.6 Å². The summed E-state index contributed by atoms with van der Waals surface area (Å²) in [6, 6.07) is 4.97. The SMILES string of the molecule is CCCC(=O)N1CSCC1C(=O)Nc1n[nH]c(-c2ccccn2)n1. The van der Waals surface area contributed by atoms with Gasteiger partial charge in [-0.1, -0.05) is 13.0 Å². The second-order valence-electron chi connectivity index (χ2n) is 5.34. The number of hydrogen-bond acceptors (Lipinski definition) is 6. The Balaban J connectivity index is 1.67. The summed E-state index contributed by atoms with van der Waals surface area (Å²) in [7, 11) is 0. The van der Waals surface area contributed by atoms with Gasteiger partial charge >= 0.3 is 0 Å². The summed E-state index contributed by atoms with van der Waals surface area (Å²) < 4.78 is 0. The minimum atomic E-state index is -0.481. The highest BCUT2D eigenvalue weighted by Gasteiger charge is 2.34. The van der Waals surface area contributed by atoms with E-state index < -0.39 is 6.04 Å². The van der Waals surface area contributed by atoms with Gasteiger partial charge in [0, 0.05) is 18.4 Å². The number of nitrogens with zero attached hydrogens (tertiary/aromatic N) is 4. The van der Waals surface area contributed by atoms with Crippen LogP contribution in [-0.4, -0.2) is 54.6 Å². The second kappa shape index (κ2) is 7.43. The fourth-order valence-corrected chi connectivity index (χ4v) is 3.57. The molecule has 1 saturated heterocycles. The summed E-state index contributed by atoms with van der Waals surface area (Å²) in [5.41, 5.74) is 0.640. The van der Waals surface area contributed by atoms with Crippen molar-refractivity contribution in [3.63, 3.8) is 0 Å². The van der Waals surface area contributed by atoms with Crippen molar-refractivity contribution < 1.29 is 9.59 Å². The van der Waals surface area contributed by atoms with Gasteiger partial charge in [0.15, 0.2) is 5.82 Å². The third-order valence-corrected chi connectivity index (χ3v) is 4.61. The molecular weight excluding hydrogens is 328 g/mol. The number of nitrogens with one attached hydrogen (secondary N) is 2. The Morgan fingerprint density at radius 3 is 3.08 bits per heavy atom. The van der Waals surface area contributed by atoms with Crippen LogP contribution < -0.4 is 5.32 Å². The predicted molar refractivity (Wildman–Crippen MR) is 91.1 cm³/mol. The monoisotopic (exact) mass is 346 g/mol. The molecule has 0 bridgehead atoms. The summed E-state index contributed by atoms with van der Waals surface area (Å²) in [4.78, 5) is 34.6. The van der Waals surface area contributed by atoms with Crippen molar-refractivity contribution >= 4 is 29.5 Å². The Bertz CT molecular complexity index is 720. The van der Waals surface area contributed by atoms with Gasteiger partial charge in [-0.2, -0.15) is 4.98 Å². The summed E-state index contributed by atoms with van der Waals surface area (Å²) in [6.07, 6.45) is 2.88. The molecule has 2 aromatic heterocycles. The first-order valence-electron chi connectivity index (χ1n) is 7.71. The molecule has 9 heteroatoms. The quantitative estimate of drug-likeness (QED) is 0.850. The highest BCUT2D eigenvalue weighted by atomic mass is 32.2. The molecule has 0 aliphatic carbocycles. The van der Waals surface area contributed by atoms with Crippen molar-refractivity contribution in [2.45, 2.75) is 25.8 Å². The van der Waals surface area contributed by atoms with E-state index in [1.54, 1.807) is 28.9 Å². The van der Waals surface area contributed by atoms with Crippen molar-refractivity contribution in [1.82, 2.24) is 25.1 Å². The van der Waals surface area contributed by atoms with E-state index in [9.17, 15) is 9.59 Å². The highest BCUT2D eigenvalue weighted by Crippen LogP contribution is 2.23. The topological polar surface area (TPSA) is 104 Å². The van der Waals surface area contributed by atoms with E-state index in [4.69, 9.17) is 0 Å². The van der Waals surface area contributed by atoms with Crippen molar-refractivity contribution in [3.05, 3.63) is 24.4 Å². The van der Waals surface area contributed by atoms with Crippen LogP contribution in [0.4, 0.5) is 5.95 Å². The van der Waals surface area contributed by atoms with E-state index in [-0.39, 0.29) is 17.8 Å². The molecular formula is C15H18N6O2S. The molecule has 3 heterocycles. The van der Waals surface area contributed by atoms with E-state index in [1.165, 1.54) is 0 Å². The lowest BCUT2D eigenvalue weighted by molar-refractivity contribution is -0.136. The van der Waals surface area contributed by atoms with Gasteiger partial charge in [-0.05, 0) is 18.6 Å². The van der Waals surface area contributed by atoms with Gasteiger partial charge in [0.2, 0.25) is 17.8 Å². The number of carbonyl (C=O) groups is 2. The van der Waals surface area contributed by atoms with Crippen LogP contribution in [0.15, 0.2) is 24.4 Å². The number of hydrogen-bond donors (Lipinski definition) is 2. The van der Waals surface area contributed by atoms with Gasteiger partial charge in [0.1, 0.15) is 11.7 Å². The molecule has 1 fully saturated rings. The molecule has 2 N–H and O–H groups in total. The Kier molecular flexibility index (Phi) is 5.09. The number of H-pyrrole nitrogens is 1. The van der Waals surface area contributed by atoms with Crippen LogP contribution in [0.25, 0.3) is 11.5 Å². The summed E-state index contributed by atoms with van der Waals surface area (Å²) in [5.74, 6) is 1.53. The second-order valence-corrected chi connectivity index (χ2v) is 6.34. The fraction of sp³-hybridized carbons (Fsp3) is 0.400. The number of amides is 2. The first-order chi connectivity index (χ1) is 11.7. The zero-order chi connectivity index (χ0) is 16.9. The minimum absolute atomic E-state index is 0.00631. The Labute approximate surface area is 143 Å². The minimum Gasteiger partial charge on any atom is -0.321 e. The first-order valence-corrected chi connectivity index (χ1v) is 8.86. The fourth-order valence-electron chi connectivity index (χ4n) is 2.39. The van der Waals surface area contributed by atoms with Gasteiger partial charge in [-0.15, -0.1) is 16.9 Å². The van der Waals surface area contributed by atoms with Crippen LogP contribution in [0.2, 0.25) is 0 Å². The zero-order valence-corrected chi connectivity index (χ0v) is 14.0. The van der Waals surface area contributed by atoms with E-state index >= 15 is 0 Å². The molecule has 0 spiro atoms. The summed E-state index contributed by atoms with van der Waals surface area (Å²) in [6.45, 7) is 1.95. The van der Waals surface area contributed by atoms with E-state index in [1.807, 2.05) is 19.1 Å². The molecule has 1 atom stereocenters. The average Bonchev–Trinajstić information content (AvgIpc) is 3.25. The number of rotatable bonds is 5. The maximum Gasteiger partial charge on any atom is 0.250 e. The number of aromatic nitrogens is 4. The smallest absolute Gasteiger partial charge is 0.250 e. The average molecular weight is 346 g/mol. The van der Waals surface area contributed by atoms with Crippen molar-refractivity contribution in [1.29, 1.82) is 0 Å².